The van der Waals surface area contributed by atoms with Crippen molar-refractivity contribution >= 4 is 5.78 Å². The van der Waals surface area contributed by atoms with Gasteiger partial charge in [-0.15, -0.1) is 0 Å². The SMILES string of the molecule is Cc1ccc(C(=O)CC2CCc3nn(C)c(=O)cc3C2)cc1. The molecule has 1 aromatic heterocycles. The van der Waals surface area contributed by atoms with Gasteiger partial charge in [-0.1, -0.05) is 29.8 Å². The Balaban J connectivity index is 1.72. The Morgan fingerprint density at radius 3 is 2.77 bits per heavy atom. The maximum Gasteiger partial charge on any atom is 0.266 e. The van der Waals surface area contributed by atoms with Crippen LogP contribution in [0.4, 0.5) is 0 Å². The molecular formula is C18H20N2O2. The lowest BCUT2D eigenvalue weighted by atomic mass is 9.83. The molecule has 0 N–H and O–H groups in total. The number of hydrogen-bond acceptors (Lipinski definition) is 3. The quantitative estimate of drug-likeness (QED) is 0.818. The van der Waals surface area contributed by atoms with Gasteiger partial charge in [-0.25, -0.2) is 4.68 Å². The van der Waals surface area contributed by atoms with Crippen LogP contribution in [-0.2, 0) is 19.9 Å². The van der Waals surface area contributed by atoms with Gasteiger partial charge in [0, 0.05) is 25.1 Å². The minimum Gasteiger partial charge on any atom is -0.294 e. The number of hydrogen-bond donors (Lipinski definition) is 0. The van der Waals surface area contributed by atoms with Gasteiger partial charge in [0.25, 0.3) is 5.56 Å². The van der Waals surface area contributed by atoms with Crippen molar-refractivity contribution in [3.05, 3.63) is 63.1 Å². The number of benzene rings is 1. The third kappa shape index (κ3) is 3.01. The summed E-state index contributed by atoms with van der Waals surface area (Å²) in [6, 6.07) is 9.40. The Morgan fingerprint density at radius 2 is 2.05 bits per heavy atom. The van der Waals surface area contributed by atoms with Crippen molar-refractivity contribution in [3.8, 4) is 0 Å². The lowest BCUT2D eigenvalue weighted by Crippen LogP contribution is -2.26. The van der Waals surface area contributed by atoms with Crippen LogP contribution in [0.1, 0.15) is 40.0 Å². The third-order valence-corrected chi connectivity index (χ3v) is 4.40. The minimum absolute atomic E-state index is 0.0794. The normalized spacial score (nSPS) is 17.1. The first-order valence-corrected chi connectivity index (χ1v) is 7.69. The number of ketones is 1. The van der Waals surface area contributed by atoms with Gasteiger partial charge in [0.05, 0.1) is 5.69 Å². The average Bonchev–Trinajstić information content (AvgIpc) is 2.49. The average molecular weight is 296 g/mol. The zero-order chi connectivity index (χ0) is 15.7. The smallest absolute Gasteiger partial charge is 0.266 e. The van der Waals surface area contributed by atoms with E-state index in [4.69, 9.17) is 0 Å². The summed E-state index contributed by atoms with van der Waals surface area (Å²) in [5.74, 6) is 0.487. The van der Waals surface area contributed by atoms with E-state index in [-0.39, 0.29) is 11.3 Å². The molecule has 1 heterocycles. The van der Waals surface area contributed by atoms with E-state index in [1.54, 1.807) is 13.1 Å². The fraction of sp³-hybridized carbons (Fsp3) is 0.389. The van der Waals surface area contributed by atoms with E-state index in [2.05, 4.69) is 5.10 Å². The Morgan fingerprint density at radius 1 is 1.32 bits per heavy atom. The number of nitrogens with zero attached hydrogens (tertiary/aromatic N) is 2. The number of aromatic nitrogens is 2. The van der Waals surface area contributed by atoms with E-state index in [0.717, 1.165) is 41.6 Å². The Kier molecular flexibility index (Phi) is 3.92. The van der Waals surface area contributed by atoms with E-state index in [1.807, 2.05) is 31.2 Å². The highest BCUT2D eigenvalue weighted by Gasteiger charge is 2.23. The maximum atomic E-state index is 12.4. The first-order chi connectivity index (χ1) is 10.5. The molecule has 0 saturated heterocycles. The Bertz CT molecular complexity index is 760. The van der Waals surface area contributed by atoms with E-state index in [9.17, 15) is 9.59 Å². The summed E-state index contributed by atoms with van der Waals surface area (Å²) in [5.41, 5.74) is 3.87. The molecular weight excluding hydrogens is 276 g/mol. The number of aryl methyl sites for hydroxylation is 3. The monoisotopic (exact) mass is 296 g/mol. The van der Waals surface area contributed by atoms with Gasteiger partial charge < -0.3 is 0 Å². The molecule has 22 heavy (non-hydrogen) atoms. The number of carbonyl (C=O) groups excluding carboxylic acids is 1. The molecule has 114 valence electrons. The molecule has 1 unspecified atom stereocenters. The largest absolute Gasteiger partial charge is 0.294 e. The van der Waals surface area contributed by atoms with E-state index < -0.39 is 0 Å². The molecule has 3 rings (SSSR count). The zero-order valence-corrected chi connectivity index (χ0v) is 13.0. The second-order valence-corrected chi connectivity index (χ2v) is 6.18. The number of Topliss-reactive ketones (excluding diaryl/α,β-unsaturated/α-hetero) is 1. The van der Waals surface area contributed by atoms with Crippen LogP contribution in [0.15, 0.2) is 35.1 Å². The Labute approximate surface area is 129 Å². The van der Waals surface area contributed by atoms with Crippen LogP contribution in [0.25, 0.3) is 0 Å². The molecule has 4 nitrogen and oxygen atoms in total. The van der Waals surface area contributed by atoms with Gasteiger partial charge in [-0.2, -0.15) is 5.10 Å². The molecule has 0 radical (unpaired) electrons. The Hall–Kier alpha value is -2.23. The standard InChI is InChI=1S/C18H20N2O2/c1-12-3-6-14(7-4-12)17(21)10-13-5-8-16-15(9-13)11-18(22)20(2)19-16/h3-4,6-7,11,13H,5,8-10H2,1-2H3. The van der Waals surface area contributed by atoms with Crippen LogP contribution in [0.3, 0.4) is 0 Å². The molecule has 0 saturated carbocycles. The molecule has 1 aliphatic carbocycles. The molecule has 0 spiro atoms. The van der Waals surface area contributed by atoms with Crippen LogP contribution >= 0.6 is 0 Å². The van der Waals surface area contributed by atoms with Gasteiger partial charge in [0.15, 0.2) is 5.78 Å². The number of carbonyl (C=O) groups is 1. The lowest BCUT2D eigenvalue weighted by molar-refractivity contribution is 0.0957. The number of fused-ring (bicyclic) bond motifs is 1. The summed E-state index contributed by atoms with van der Waals surface area (Å²) in [7, 11) is 1.68. The summed E-state index contributed by atoms with van der Waals surface area (Å²) in [6.07, 6.45) is 3.11. The van der Waals surface area contributed by atoms with Gasteiger partial charge in [0.1, 0.15) is 0 Å². The predicted molar refractivity (Wildman–Crippen MR) is 85.1 cm³/mol. The minimum atomic E-state index is -0.0794. The summed E-state index contributed by atoms with van der Waals surface area (Å²) in [4.78, 5) is 24.1. The summed E-state index contributed by atoms with van der Waals surface area (Å²) in [6.45, 7) is 2.01. The van der Waals surface area contributed by atoms with Gasteiger partial charge in [0.2, 0.25) is 0 Å². The van der Waals surface area contributed by atoms with Crippen LogP contribution in [0.2, 0.25) is 0 Å². The number of rotatable bonds is 3. The van der Waals surface area contributed by atoms with Gasteiger partial charge in [-0.05, 0) is 37.7 Å². The van der Waals surface area contributed by atoms with Crippen molar-refractivity contribution in [2.75, 3.05) is 0 Å². The maximum absolute atomic E-state index is 12.4. The fourth-order valence-corrected chi connectivity index (χ4v) is 3.06. The fourth-order valence-electron chi connectivity index (χ4n) is 3.06. The molecule has 4 heteroatoms. The molecule has 0 fully saturated rings. The molecule has 0 bridgehead atoms. The van der Waals surface area contributed by atoms with Crippen molar-refractivity contribution in [3.63, 3.8) is 0 Å². The second-order valence-electron chi connectivity index (χ2n) is 6.18. The molecule has 1 atom stereocenters. The van der Waals surface area contributed by atoms with E-state index in [1.165, 1.54) is 4.68 Å². The van der Waals surface area contributed by atoms with Crippen LogP contribution in [-0.4, -0.2) is 15.6 Å². The van der Waals surface area contributed by atoms with Crippen LogP contribution in [0.5, 0.6) is 0 Å². The van der Waals surface area contributed by atoms with Gasteiger partial charge in [-0.3, -0.25) is 9.59 Å². The van der Waals surface area contributed by atoms with Crippen LogP contribution < -0.4 is 5.56 Å². The highest BCUT2D eigenvalue weighted by Crippen LogP contribution is 2.26. The molecule has 0 aliphatic heterocycles. The highest BCUT2D eigenvalue weighted by atomic mass is 16.1. The van der Waals surface area contributed by atoms with Crippen molar-refractivity contribution < 1.29 is 4.79 Å². The van der Waals surface area contributed by atoms with Crippen molar-refractivity contribution in [1.29, 1.82) is 0 Å². The zero-order valence-electron chi connectivity index (χ0n) is 13.0. The summed E-state index contributed by atoms with van der Waals surface area (Å²) < 4.78 is 1.39. The summed E-state index contributed by atoms with van der Waals surface area (Å²) in [5, 5.41) is 4.31. The van der Waals surface area contributed by atoms with Crippen molar-refractivity contribution in [2.24, 2.45) is 13.0 Å². The highest BCUT2D eigenvalue weighted by molar-refractivity contribution is 5.96. The predicted octanol–water partition coefficient (Wildman–Crippen LogP) is 2.47. The first-order valence-electron chi connectivity index (χ1n) is 7.69. The lowest BCUT2D eigenvalue weighted by Gasteiger charge is -2.23. The van der Waals surface area contributed by atoms with E-state index >= 15 is 0 Å². The van der Waals surface area contributed by atoms with Crippen LogP contribution in [0, 0.1) is 12.8 Å². The van der Waals surface area contributed by atoms with Crippen molar-refractivity contribution in [2.45, 2.75) is 32.6 Å². The van der Waals surface area contributed by atoms with Gasteiger partial charge >= 0.3 is 0 Å². The van der Waals surface area contributed by atoms with Crippen molar-refractivity contribution in [1.82, 2.24) is 9.78 Å². The molecule has 1 aromatic carbocycles. The molecule has 1 aliphatic rings. The topological polar surface area (TPSA) is 52.0 Å². The second kappa shape index (κ2) is 5.87. The first kappa shape index (κ1) is 14.7. The molecule has 2 aromatic rings. The third-order valence-electron chi connectivity index (χ3n) is 4.40. The summed E-state index contributed by atoms with van der Waals surface area (Å²) >= 11 is 0. The molecule has 0 amide bonds. The van der Waals surface area contributed by atoms with E-state index in [0.29, 0.717) is 12.3 Å².